The summed E-state index contributed by atoms with van der Waals surface area (Å²) in [6.45, 7) is 2.96. The molecule has 0 radical (unpaired) electrons. The molecule has 3 nitrogen and oxygen atoms in total. The molecule has 1 heterocycles. The summed E-state index contributed by atoms with van der Waals surface area (Å²) < 4.78 is 12.9. The lowest BCUT2D eigenvalue weighted by molar-refractivity contribution is 0.299. The molecule has 1 aliphatic heterocycles. The Hall–Kier alpha value is -1.58. The van der Waals surface area contributed by atoms with E-state index in [4.69, 9.17) is 0 Å². The maximum Gasteiger partial charge on any atom is 0.193 e. The number of hydrogen-bond acceptors (Lipinski definition) is 1. The van der Waals surface area contributed by atoms with Crippen LogP contribution < -0.4 is 5.32 Å². The Morgan fingerprint density at radius 3 is 2.38 bits per heavy atom. The first-order chi connectivity index (χ1) is 10.3. The number of likely N-dealkylation sites (tertiary alicyclic amines) is 1. The first-order valence-corrected chi connectivity index (χ1v) is 7.96. The fourth-order valence-electron chi connectivity index (χ4n) is 3.69. The number of guanidine groups is 1. The molecule has 0 aromatic heterocycles. The Bertz CT molecular complexity index is 483. The molecule has 114 valence electrons. The maximum absolute atomic E-state index is 12.9. The minimum Gasteiger partial charge on any atom is -0.352 e. The molecule has 4 heteroatoms. The SMILES string of the molecule is CN=C(NCc1ccc(F)cc1)N1CC2CCCCC2C1. The van der Waals surface area contributed by atoms with E-state index in [0.717, 1.165) is 36.4 Å². The lowest BCUT2D eigenvalue weighted by Crippen LogP contribution is -2.39. The van der Waals surface area contributed by atoms with Crippen LogP contribution in [0.4, 0.5) is 4.39 Å². The van der Waals surface area contributed by atoms with E-state index in [1.54, 1.807) is 0 Å². The quantitative estimate of drug-likeness (QED) is 0.669. The number of fused-ring (bicyclic) bond motifs is 1. The van der Waals surface area contributed by atoms with Gasteiger partial charge in [0.15, 0.2) is 5.96 Å². The van der Waals surface area contributed by atoms with E-state index >= 15 is 0 Å². The highest BCUT2D eigenvalue weighted by atomic mass is 19.1. The summed E-state index contributed by atoms with van der Waals surface area (Å²) in [5.41, 5.74) is 1.08. The van der Waals surface area contributed by atoms with Gasteiger partial charge in [0.25, 0.3) is 0 Å². The Morgan fingerprint density at radius 1 is 1.19 bits per heavy atom. The molecule has 2 unspecified atom stereocenters. The van der Waals surface area contributed by atoms with Crippen LogP contribution in [0.25, 0.3) is 0 Å². The Labute approximate surface area is 126 Å². The number of nitrogens with zero attached hydrogens (tertiary/aromatic N) is 2. The third kappa shape index (κ3) is 3.36. The van der Waals surface area contributed by atoms with E-state index in [1.807, 2.05) is 19.2 Å². The summed E-state index contributed by atoms with van der Waals surface area (Å²) in [4.78, 5) is 6.81. The van der Waals surface area contributed by atoms with Crippen molar-refractivity contribution in [3.8, 4) is 0 Å². The van der Waals surface area contributed by atoms with Crippen LogP contribution in [0.5, 0.6) is 0 Å². The standard InChI is InChI=1S/C17H24FN3/c1-19-17(20-10-13-6-8-16(18)9-7-13)21-11-14-4-2-3-5-15(14)12-21/h6-9,14-15H,2-5,10-12H2,1H3,(H,19,20). The van der Waals surface area contributed by atoms with Crippen molar-refractivity contribution in [1.29, 1.82) is 0 Å². The summed E-state index contributed by atoms with van der Waals surface area (Å²) >= 11 is 0. The number of hydrogen-bond donors (Lipinski definition) is 1. The van der Waals surface area contributed by atoms with E-state index in [-0.39, 0.29) is 5.82 Å². The predicted molar refractivity (Wildman–Crippen MR) is 83.6 cm³/mol. The summed E-state index contributed by atoms with van der Waals surface area (Å²) in [5, 5.41) is 3.41. The maximum atomic E-state index is 12.9. The molecule has 2 aliphatic rings. The molecule has 21 heavy (non-hydrogen) atoms. The van der Waals surface area contributed by atoms with Crippen molar-refractivity contribution >= 4 is 5.96 Å². The molecule has 1 aromatic rings. The number of nitrogens with one attached hydrogen (secondary N) is 1. The normalized spacial score (nSPS) is 25.8. The van der Waals surface area contributed by atoms with Gasteiger partial charge in [-0.3, -0.25) is 4.99 Å². The zero-order valence-electron chi connectivity index (χ0n) is 12.7. The van der Waals surface area contributed by atoms with Gasteiger partial charge < -0.3 is 10.2 Å². The van der Waals surface area contributed by atoms with E-state index in [1.165, 1.54) is 37.8 Å². The van der Waals surface area contributed by atoms with Crippen molar-refractivity contribution in [2.24, 2.45) is 16.8 Å². The summed E-state index contributed by atoms with van der Waals surface area (Å²) in [7, 11) is 1.84. The second-order valence-electron chi connectivity index (χ2n) is 6.24. The van der Waals surface area contributed by atoms with E-state index in [2.05, 4.69) is 15.2 Å². The van der Waals surface area contributed by atoms with Gasteiger partial charge in [0, 0.05) is 26.7 Å². The fraction of sp³-hybridized carbons (Fsp3) is 0.588. The number of benzene rings is 1. The van der Waals surface area contributed by atoms with Crippen LogP contribution in [-0.2, 0) is 6.54 Å². The zero-order chi connectivity index (χ0) is 14.7. The van der Waals surface area contributed by atoms with Crippen LogP contribution in [0, 0.1) is 17.7 Å². The summed E-state index contributed by atoms with van der Waals surface area (Å²) in [5.74, 6) is 2.49. The fourth-order valence-corrected chi connectivity index (χ4v) is 3.69. The molecule has 1 aromatic carbocycles. The summed E-state index contributed by atoms with van der Waals surface area (Å²) in [6, 6.07) is 6.65. The van der Waals surface area contributed by atoms with Crippen LogP contribution in [0.2, 0.25) is 0 Å². The average molecular weight is 289 g/mol. The van der Waals surface area contributed by atoms with Crippen LogP contribution in [0.3, 0.4) is 0 Å². The first kappa shape index (κ1) is 14.4. The average Bonchev–Trinajstić information content (AvgIpc) is 2.93. The molecule has 1 saturated heterocycles. The monoisotopic (exact) mass is 289 g/mol. The van der Waals surface area contributed by atoms with Crippen LogP contribution in [0.1, 0.15) is 31.2 Å². The third-order valence-electron chi connectivity index (χ3n) is 4.85. The van der Waals surface area contributed by atoms with Crippen LogP contribution in [-0.4, -0.2) is 31.0 Å². The molecule has 2 atom stereocenters. The molecule has 0 amide bonds. The van der Waals surface area contributed by atoms with Gasteiger partial charge in [0.1, 0.15) is 5.82 Å². The summed E-state index contributed by atoms with van der Waals surface area (Å²) in [6.07, 6.45) is 5.51. The van der Waals surface area contributed by atoms with E-state index < -0.39 is 0 Å². The van der Waals surface area contributed by atoms with Gasteiger partial charge in [-0.15, -0.1) is 0 Å². The van der Waals surface area contributed by atoms with Gasteiger partial charge in [-0.25, -0.2) is 4.39 Å². The minimum absolute atomic E-state index is 0.188. The van der Waals surface area contributed by atoms with E-state index in [9.17, 15) is 4.39 Å². The van der Waals surface area contributed by atoms with Crippen LogP contribution >= 0.6 is 0 Å². The van der Waals surface area contributed by atoms with Crippen molar-refractivity contribution in [2.45, 2.75) is 32.2 Å². The second-order valence-corrected chi connectivity index (χ2v) is 6.24. The lowest BCUT2D eigenvalue weighted by Gasteiger charge is -2.22. The van der Waals surface area contributed by atoms with Crippen molar-refractivity contribution < 1.29 is 4.39 Å². The third-order valence-corrected chi connectivity index (χ3v) is 4.85. The first-order valence-electron chi connectivity index (χ1n) is 7.96. The molecule has 1 saturated carbocycles. The smallest absolute Gasteiger partial charge is 0.193 e. The molecular formula is C17H24FN3. The van der Waals surface area contributed by atoms with Gasteiger partial charge >= 0.3 is 0 Å². The van der Waals surface area contributed by atoms with Crippen molar-refractivity contribution in [3.63, 3.8) is 0 Å². The lowest BCUT2D eigenvalue weighted by atomic mass is 9.82. The number of halogens is 1. The van der Waals surface area contributed by atoms with Gasteiger partial charge in [-0.05, 0) is 42.4 Å². The van der Waals surface area contributed by atoms with Crippen molar-refractivity contribution in [1.82, 2.24) is 10.2 Å². The molecule has 0 bridgehead atoms. The number of aliphatic imine (C=N–C) groups is 1. The molecule has 1 aliphatic carbocycles. The molecule has 1 N–H and O–H groups in total. The Kier molecular flexibility index (Phi) is 4.42. The van der Waals surface area contributed by atoms with Crippen molar-refractivity contribution in [2.75, 3.05) is 20.1 Å². The molecular weight excluding hydrogens is 265 g/mol. The Balaban J connectivity index is 1.57. The highest BCUT2D eigenvalue weighted by Crippen LogP contribution is 2.35. The predicted octanol–water partition coefficient (Wildman–Crippen LogP) is 3.02. The van der Waals surface area contributed by atoms with Gasteiger partial charge in [0.05, 0.1) is 0 Å². The highest BCUT2D eigenvalue weighted by molar-refractivity contribution is 5.80. The Morgan fingerprint density at radius 2 is 1.81 bits per heavy atom. The largest absolute Gasteiger partial charge is 0.352 e. The second kappa shape index (κ2) is 6.46. The van der Waals surface area contributed by atoms with E-state index in [0.29, 0.717) is 6.54 Å². The van der Waals surface area contributed by atoms with Crippen LogP contribution in [0.15, 0.2) is 29.3 Å². The molecule has 2 fully saturated rings. The van der Waals surface area contributed by atoms with Crippen molar-refractivity contribution in [3.05, 3.63) is 35.6 Å². The zero-order valence-corrected chi connectivity index (χ0v) is 12.7. The molecule has 0 spiro atoms. The number of rotatable bonds is 2. The highest BCUT2D eigenvalue weighted by Gasteiger charge is 2.35. The molecule has 3 rings (SSSR count). The van der Waals surface area contributed by atoms with Gasteiger partial charge in [-0.2, -0.15) is 0 Å². The van der Waals surface area contributed by atoms with Gasteiger partial charge in [-0.1, -0.05) is 25.0 Å². The minimum atomic E-state index is -0.188. The van der Waals surface area contributed by atoms with Gasteiger partial charge in [0.2, 0.25) is 0 Å². The topological polar surface area (TPSA) is 27.6 Å².